The lowest BCUT2D eigenvalue weighted by Gasteiger charge is -2.06. The first kappa shape index (κ1) is 56.2. The Bertz CT molecular complexity index is 747. The molecule has 0 aliphatic carbocycles. The van der Waals surface area contributed by atoms with Crippen molar-refractivity contribution >= 4 is 5.97 Å². The molecule has 0 saturated carbocycles. The lowest BCUT2D eigenvalue weighted by Crippen LogP contribution is -2.05. The Morgan fingerprint density at radius 1 is 0.333 bits per heavy atom. The van der Waals surface area contributed by atoms with Crippen LogP contribution in [0.25, 0.3) is 0 Å². The van der Waals surface area contributed by atoms with Gasteiger partial charge in [-0.3, -0.25) is 4.79 Å². The minimum Gasteiger partial charge on any atom is -0.466 e. The summed E-state index contributed by atoms with van der Waals surface area (Å²) in [6.45, 7) is 3.28. The number of aliphatic hydroxyl groups is 1. The van der Waals surface area contributed by atoms with Gasteiger partial charge in [0.05, 0.1) is 6.61 Å². The topological polar surface area (TPSA) is 46.5 Å². The lowest BCUT2D eigenvalue weighted by atomic mass is 10.0. The normalized spacial score (nSPS) is 11.7. The number of hydrogen-bond acceptors (Lipinski definition) is 3. The van der Waals surface area contributed by atoms with Crippen LogP contribution in [0.3, 0.4) is 0 Å². The summed E-state index contributed by atoms with van der Waals surface area (Å²) in [5.41, 5.74) is 0. The number of rotatable bonds is 51. The van der Waals surface area contributed by atoms with Gasteiger partial charge in [-0.05, 0) is 44.9 Å². The van der Waals surface area contributed by atoms with E-state index < -0.39 is 0 Å². The molecule has 0 fully saturated rings. The van der Waals surface area contributed by atoms with Crippen molar-refractivity contribution in [3.05, 3.63) is 12.2 Å². The quantitative estimate of drug-likeness (QED) is 0.0379. The largest absolute Gasteiger partial charge is 0.466 e. The van der Waals surface area contributed by atoms with Crippen molar-refractivity contribution in [3.8, 4) is 0 Å². The fraction of sp³-hybridized carbons (Fsp3) is 0.944. The van der Waals surface area contributed by atoms with Gasteiger partial charge in [0.2, 0.25) is 0 Å². The van der Waals surface area contributed by atoms with Crippen LogP contribution in [-0.2, 0) is 9.53 Å². The molecule has 0 rings (SSSR count). The molecule has 0 amide bonds. The van der Waals surface area contributed by atoms with Crippen LogP contribution in [0.4, 0.5) is 0 Å². The van der Waals surface area contributed by atoms with E-state index in [2.05, 4.69) is 19.1 Å². The second-order valence-corrected chi connectivity index (χ2v) is 18.3. The zero-order valence-electron chi connectivity index (χ0n) is 39.3. The van der Waals surface area contributed by atoms with Gasteiger partial charge in [0.1, 0.15) is 0 Å². The first-order valence-electron chi connectivity index (χ1n) is 26.7. The Labute approximate surface area is 359 Å². The van der Waals surface area contributed by atoms with Crippen LogP contribution < -0.4 is 0 Å². The SMILES string of the molecule is CCCCCCCC/C=C\CCCCCCCC(=O)OCCCCCCCCCCCCCCCCCCCCCCCCCCCCCCCCCCCCO. The van der Waals surface area contributed by atoms with Gasteiger partial charge in [-0.2, -0.15) is 0 Å². The zero-order chi connectivity index (χ0) is 41.1. The van der Waals surface area contributed by atoms with Crippen LogP contribution in [0.5, 0.6) is 0 Å². The maximum absolute atomic E-state index is 12.0. The summed E-state index contributed by atoms with van der Waals surface area (Å²) < 4.78 is 5.48. The highest BCUT2D eigenvalue weighted by Crippen LogP contribution is 2.18. The Hall–Kier alpha value is -0.830. The van der Waals surface area contributed by atoms with Gasteiger partial charge in [0.15, 0.2) is 0 Å². The molecule has 57 heavy (non-hydrogen) atoms. The Morgan fingerprint density at radius 3 is 0.877 bits per heavy atom. The molecule has 0 heterocycles. The standard InChI is InChI=1S/C54H106O3/c1-2-3-4-5-6-7-8-9-30-33-36-39-42-45-48-51-54(56)57-53-50-47-44-41-38-35-32-29-27-25-23-21-19-17-15-13-11-10-12-14-16-18-20-22-24-26-28-31-34-37-40-43-46-49-52-55/h9,30,55H,2-8,10-29,31-53H2,1H3/b30-9-. The van der Waals surface area contributed by atoms with Crippen molar-refractivity contribution in [2.45, 2.75) is 315 Å². The molecule has 0 aromatic rings. The average Bonchev–Trinajstić information content (AvgIpc) is 3.22. The van der Waals surface area contributed by atoms with Gasteiger partial charge in [-0.15, -0.1) is 0 Å². The summed E-state index contributed by atoms with van der Waals surface area (Å²) in [6.07, 6.45) is 69.5. The minimum absolute atomic E-state index is 0.0194. The van der Waals surface area contributed by atoms with E-state index in [1.54, 1.807) is 0 Å². The van der Waals surface area contributed by atoms with Gasteiger partial charge in [-0.25, -0.2) is 0 Å². The third-order valence-corrected chi connectivity index (χ3v) is 12.5. The van der Waals surface area contributed by atoms with Gasteiger partial charge in [0.25, 0.3) is 0 Å². The maximum Gasteiger partial charge on any atom is 0.305 e. The monoisotopic (exact) mass is 803 g/mol. The molecule has 3 nitrogen and oxygen atoms in total. The molecule has 1 N–H and O–H groups in total. The van der Waals surface area contributed by atoms with E-state index in [1.165, 1.54) is 276 Å². The number of unbranched alkanes of at least 4 members (excludes halogenated alkanes) is 44. The summed E-state index contributed by atoms with van der Waals surface area (Å²) in [6, 6.07) is 0. The third kappa shape index (κ3) is 53.2. The molecular weight excluding hydrogens is 697 g/mol. The Morgan fingerprint density at radius 2 is 0.579 bits per heavy atom. The number of carbonyl (C=O) groups is 1. The molecule has 340 valence electrons. The minimum atomic E-state index is 0.0194. The second-order valence-electron chi connectivity index (χ2n) is 18.3. The molecule has 0 aliphatic rings. The molecule has 0 saturated heterocycles. The van der Waals surface area contributed by atoms with E-state index in [1.807, 2.05) is 0 Å². The van der Waals surface area contributed by atoms with Crippen LogP contribution in [0.15, 0.2) is 12.2 Å². The summed E-state index contributed by atoms with van der Waals surface area (Å²) >= 11 is 0. The summed E-state index contributed by atoms with van der Waals surface area (Å²) in [5, 5.41) is 8.82. The van der Waals surface area contributed by atoms with E-state index in [-0.39, 0.29) is 5.97 Å². The van der Waals surface area contributed by atoms with E-state index in [0.717, 1.165) is 25.7 Å². The Balaban J connectivity index is 3.14. The van der Waals surface area contributed by atoms with Crippen molar-refractivity contribution < 1.29 is 14.6 Å². The number of ether oxygens (including phenoxy) is 1. The van der Waals surface area contributed by atoms with Crippen LogP contribution in [0.1, 0.15) is 315 Å². The molecule has 3 heteroatoms. The predicted octanol–water partition coefficient (Wildman–Crippen LogP) is 18.8. The number of aliphatic hydroxyl groups excluding tert-OH is 1. The molecule has 0 atom stereocenters. The number of esters is 1. The van der Waals surface area contributed by atoms with Crippen LogP contribution in [0, 0.1) is 0 Å². The van der Waals surface area contributed by atoms with Crippen molar-refractivity contribution in [1.29, 1.82) is 0 Å². The molecule has 0 aromatic carbocycles. The van der Waals surface area contributed by atoms with Crippen LogP contribution in [0.2, 0.25) is 0 Å². The molecule has 0 aromatic heterocycles. The molecular formula is C54H106O3. The molecule has 0 radical (unpaired) electrons. The second kappa shape index (κ2) is 53.2. The highest BCUT2D eigenvalue weighted by molar-refractivity contribution is 5.69. The van der Waals surface area contributed by atoms with Gasteiger partial charge < -0.3 is 9.84 Å². The summed E-state index contributed by atoms with van der Waals surface area (Å²) in [4.78, 5) is 12.0. The van der Waals surface area contributed by atoms with Crippen molar-refractivity contribution in [2.75, 3.05) is 13.2 Å². The van der Waals surface area contributed by atoms with Crippen molar-refractivity contribution in [1.82, 2.24) is 0 Å². The zero-order valence-corrected chi connectivity index (χ0v) is 39.3. The average molecular weight is 803 g/mol. The van der Waals surface area contributed by atoms with Crippen molar-refractivity contribution in [3.63, 3.8) is 0 Å². The predicted molar refractivity (Wildman–Crippen MR) is 254 cm³/mol. The van der Waals surface area contributed by atoms with Crippen LogP contribution in [-0.4, -0.2) is 24.3 Å². The smallest absolute Gasteiger partial charge is 0.305 e. The van der Waals surface area contributed by atoms with Crippen molar-refractivity contribution in [2.24, 2.45) is 0 Å². The summed E-state index contributed by atoms with van der Waals surface area (Å²) in [5.74, 6) is 0.0194. The lowest BCUT2D eigenvalue weighted by molar-refractivity contribution is -0.143. The van der Waals surface area contributed by atoms with E-state index in [4.69, 9.17) is 9.84 Å². The third-order valence-electron chi connectivity index (χ3n) is 12.5. The maximum atomic E-state index is 12.0. The number of carbonyl (C=O) groups excluding carboxylic acids is 1. The number of allylic oxidation sites excluding steroid dienone is 2. The van der Waals surface area contributed by atoms with Crippen LogP contribution >= 0.6 is 0 Å². The first-order valence-corrected chi connectivity index (χ1v) is 26.7. The molecule has 0 spiro atoms. The first-order chi connectivity index (χ1) is 28.3. The van der Waals surface area contributed by atoms with E-state index in [0.29, 0.717) is 19.6 Å². The fourth-order valence-corrected chi connectivity index (χ4v) is 8.47. The fourth-order valence-electron chi connectivity index (χ4n) is 8.47. The highest BCUT2D eigenvalue weighted by atomic mass is 16.5. The van der Waals surface area contributed by atoms with Gasteiger partial charge in [0, 0.05) is 13.0 Å². The summed E-state index contributed by atoms with van der Waals surface area (Å²) in [7, 11) is 0. The van der Waals surface area contributed by atoms with Gasteiger partial charge >= 0.3 is 5.97 Å². The van der Waals surface area contributed by atoms with Gasteiger partial charge in [-0.1, -0.05) is 276 Å². The molecule has 0 bridgehead atoms. The van der Waals surface area contributed by atoms with E-state index in [9.17, 15) is 4.79 Å². The van der Waals surface area contributed by atoms with E-state index >= 15 is 0 Å². The molecule has 0 aliphatic heterocycles. The number of hydrogen-bond donors (Lipinski definition) is 1. The molecule has 0 unspecified atom stereocenters. The highest BCUT2D eigenvalue weighted by Gasteiger charge is 2.03. The Kier molecular flexibility index (Phi) is 52.4.